The molecule has 0 aliphatic carbocycles. The molecule has 1 aromatic carbocycles. The van der Waals surface area contributed by atoms with Crippen LogP contribution in [0.2, 0.25) is 0 Å². The summed E-state index contributed by atoms with van der Waals surface area (Å²) < 4.78 is 5.22. The molecule has 1 aromatic heterocycles. The Morgan fingerprint density at radius 1 is 1.35 bits per heavy atom. The number of aromatic hydroxyl groups is 1. The maximum atomic E-state index is 12.1. The van der Waals surface area contributed by atoms with E-state index < -0.39 is 11.2 Å². The topological polar surface area (TPSA) is 99.8 Å². The molecule has 0 aliphatic rings. The fraction of sp³-hybridized carbons (Fsp3) is 0.412. The van der Waals surface area contributed by atoms with Crippen LogP contribution < -0.4 is 10.9 Å². The van der Waals surface area contributed by atoms with E-state index in [1.54, 1.807) is 26.8 Å². The van der Waals surface area contributed by atoms with Gasteiger partial charge in [-0.15, -0.1) is 0 Å². The lowest BCUT2D eigenvalue weighted by atomic mass is 10.0. The van der Waals surface area contributed by atoms with E-state index in [1.165, 1.54) is 12.1 Å². The number of fused-ring (bicyclic) bond motifs is 1. The van der Waals surface area contributed by atoms with E-state index >= 15 is 0 Å². The van der Waals surface area contributed by atoms with Crippen LogP contribution >= 0.6 is 0 Å². The summed E-state index contributed by atoms with van der Waals surface area (Å²) in [5.41, 5.74) is 0.306. The molecule has 0 unspecified atom stereocenters. The Hall–Kier alpha value is -2.34. The van der Waals surface area contributed by atoms with Crippen molar-refractivity contribution < 1.29 is 19.4 Å². The van der Waals surface area contributed by atoms with E-state index in [4.69, 9.17) is 9.52 Å². The number of amides is 1. The van der Waals surface area contributed by atoms with Gasteiger partial charge < -0.3 is 19.9 Å². The standard InChI is InChI=1S/C17H21NO5/c1-10-12-5-4-11(20)8-14(12)23-16(22)13(10)6-7-15(21)18-17(2,3)9-19/h4-5,8,19-20H,6-7,9H2,1-3H3,(H,18,21). The van der Waals surface area contributed by atoms with Gasteiger partial charge in [0.2, 0.25) is 5.91 Å². The Morgan fingerprint density at radius 2 is 2.04 bits per heavy atom. The lowest BCUT2D eigenvalue weighted by Gasteiger charge is -2.23. The molecule has 0 spiro atoms. The number of hydrogen-bond donors (Lipinski definition) is 3. The van der Waals surface area contributed by atoms with Crippen LogP contribution in [0.3, 0.4) is 0 Å². The van der Waals surface area contributed by atoms with E-state index in [0.717, 1.165) is 10.9 Å². The second-order valence-corrected chi connectivity index (χ2v) is 6.26. The normalized spacial score (nSPS) is 11.7. The van der Waals surface area contributed by atoms with Gasteiger partial charge >= 0.3 is 5.63 Å². The van der Waals surface area contributed by atoms with Crippen molar-refractivity contribution in [2.75, 3.05) is 6.61 Å². The SMILES string of the molecule is Cc1c(CCC(=O)NC(C)(C)CO)c(=O)oc2cc(O)ccc12. The van der Waals surface area contributed by atoms with E-state index in [2.05, 4.69) is 5.32 Å². The molecule has 1 heterocycles. The summed E-state index contributed by atoms with van der Waals surface area (Å²) in [5.74, 6) is -0.216. The maximum Gasteiger partial charge on any atom is 0.339 e. The van der Waals surface area contributed by atoms with Gasteiger partial charge in [-0.2, -0.15) is 0 Å². The summed E-state index contributed by atoms with van der Waals surface area (Å²) in [4.78, 5) is 24.0. The predicted octanol–water partition coefficient (Wildman–Crippen LogP) is 1.63. The average Bonchev–Trinajstić information content (AvgIpc) is 2.46. The van der Waals surface area contributed by atoms with E-state index in [0.29, 0.717) is 11.1 Å². The lowest BCUT2D eigenvalue weighted by molar-refractivity contribution is -0.123. The summed E-state index contributed by atoms with van der Waals surface area (Å²) >= 11 is 0. The van der Waals surface area contributed by atoms with Crippen LogP contribution in [0.5, 0.6) is 5.75 Å². The Labute approximate surface area is 133 Å². The minimum Gasteiger partial charge on any atom is -0.508 e. The fourth-order valence-electron chi connectivity index (χ4n) is 2.39. The van der Waals surface area contributed by atoms with Gasteiger partial charge in [0.25, 0.3) is 0 Å². The third-order valence-electron chi connectivity index (χ3n) is 3.75. The summed E-state index contributed by atoms with van der Waals surface area (Å²) in [6, 6.07) is 4.60. The quantitative estimate of drug-likeness (QED) is 0.727. The van der Waals surface area contributed by atoms with Crippen LogP contribution in [-0.4, -0.2) is 28.3 Å². The molecule has 1 amide bonds. The molecule has 0 bridgehead atoms. The van der Waals surface area contributed by atoms with Crippen LogP contribution in [0.4, 0.5) is 0 Å². The number of carbonyl (C=O) groups excluding carboxylic acids is 1. The number of aryl methyl sites for hydroxylation is 1. The first-order valence-electron chi connectivity index (χ1n) is 7.41. The second kappa shape index (κ2) is 6.42. The second-order valence-electron chi connectivity index (χ2n) is 6.26. The number of aliphatic hydroxyl groups is 1. The molecule has 2 aromatic rings. The zero-order valence-corrected chi connectivity index (χ0v) is 13.5. The number of aliphatic hydroxyl groups excluding tert-OH is 1. The Bertz CT molecular complexity index is 791. The van der Waals surface area contributed by atoms with E-state index in [1.807, 2.05) is 0 Å². The first-order chi connectivity index (χ1) is 10.7. The Balaban J connectivity index is 2.22. The molecule has 0 aliphatic heterocycles. The molecular weight excluding hydrogens is 298 g/mol. The van der Waals surface area contributed by atoms with Gasteiger partial charge in [-0.1, -0.05) is 0 Å². The molecule has 23 heavy (non-hydrogen) atoms. The van der Waals surface area contributed by atoms with Gasteiger partial charge in [-0.05, 0) is 44.9 Å². The summed E-state index contributed by atoms with van der Waals surface area (Å²) in [5, 5.41) is 22.0. The van der Waals surface area contributed by atoms with Gasteiger partial charge in [0.15, 0.2) is 0 Å². The molecule has 0 saturated heterocycles. The zero-order chi connectivity index (χ0) is 17.2. The Morgan fingerprint density at radius 3 is 2.70 bits per heavy atom. The molecule has 3 N–H and O–H groups in total. The van der Waals surface area contributed by atoms with E-state index in [-0.39, 0.29) is 31.1 Å². The number of rotatable bonds is 5. The van der Waals surface area contributed by atoms with Crippen LogP contribution in [0.1, 0.15) is 31.4 Å². The third-order valence-corrected chi connectivity index (χ3v) is 3.75. The summed E-state index contributed by atoms with van der Waals surface area (Å²) in [6.45, 7) is 5.06. The highest BCUT2D eigenvalue weighted by atomic mass is 16.4. The highest BCUT2D eigenvalue weighted by Crippen LogP contribution is 2.23. The lowest BCUT2D eigenvalue weighted by Crippen LogP contribution is -2.46. The van der Waals surface area contributed by atoms with Gasteiger partial charge in [0, 0.05) is 23.4 Å². The largest absolute Gasteiger partial charge is 0.508 e. The first-order valence-corrected chi connectivity index (χ1v) is 7.41. The van der Waals surface area contributed by atoms with Crippen molar-refractivity contribution in [2.24, 2.45) is 0 Å². The zero-order valence-electron chi connectivity index (χ0n) is 13.5. The van der Waals surface area contributed by atoms with Crippen molar-refractivity contribution in [3.8, 4) is 5.75 Å². The summed E-state index contributed by atoms with van der Waals surface area (Å²) in [6.07, 6.45) is 0.372. The van der Waals surface area contributed by atoms with Crippen molar-refractivity contribution in [2.45, 2.75) is 39.2 Å². The van der Waals surface area contributed by atoms with Crippen molar-refractivity contribution in [3.63, 3.8) is 0 Å². The maximum absolute atomic E-state index is 12.1. The number of nitrogens with one attached hydrogen (secondary N) is 1. The third kappa shape index (κ3) is 3.90. The molecule has 124 valence electrons. The minimum atomic E-state index is -0.697. The highest BCUT2D eigenvalue weighted by molar-refractivity contribution is 5.82. The predicted molar refractivity (Wildman–Crippen MR) is 86.5 cm³/mol. The molecule has 0 saturated carbocycles. The van der Waals surface area contributed by atoms with Crippen LogP contribution in [-0.2, 0) is 11.2 Å². The number of hydrogen-bond acceptors (Lipinski definition) is 5. The van der Waals surface area contributed by atoms with E-state index in [9.17, 15) is 14.7 Å². The first kappa shape index (κ1) is 17.0. The number of carbonyl (C=O) groups is 1. The minimum absolute atomic E-state index is 0.0263. The average molecular weight is 319 g/mol. The molecule has 2 rings (SSSR count). The number of phenols is 1. The molecule has 0 fully saturated rings. The highest BCUT2D eigenvalue weighted by Gasteiger charge is 2.20. The van der Waals surface area contributed by atoms with Crippen molar-refractivity contribution in [1.29, 1.82) is 0 Å². The molecule has 6 heteroatoms. The molecule has 0 radical (unpaired) electrons. The number of phenolic OH excluding ortho intramolecular Hbond substituents is 1. The van der Waals surface area contributed by atoms with Crippen molar-refractivity contribution in [3.05, 3.63) is 39.7 Å². The summed E-state index contributed by atoms with van der Waals surface area (Å²) in [7, 11) is 0. The monoisotopic (exact) mass is 319 g/mol. The van der Waals surface area contributed by atoms with Crippen molar-refractivity contribution in [1.82, 2.24) is 5.32 Å². The smallest absolute Gasteiger partial charge is 0.339 e. The van der Waals surface area contributed by atoms with Gasteiger partial charge in [-0.25, -0.2) is 4.79 Å². The van der Waals surface area contributed by atoms with Crippen LogP contribution in [0.15, 0.2) is 27.4 Å². The van der Waals surface area contributed by atoms with Crippen LogP contribution in [0, 0.1) is 6.92 Å². The van der Waals surface area contributed by atoms with Gasteiger partial charge in [0.05, 0.1) is 12.1 Å². The van der Waals surface area contributed by atoms with Gasteiger partial charge in [0.1, 0.15) is 11.3 Å². The molecule has 6 nitrogen and oxygen atoms in total. The number of benzene rings is 1. The fourth-order valence-corrected chi connectivity index (χ4v) is 2.39. The Kier molecular flexibility index (Phi) is 4.75. The molecule has 0 atom stereocenters. The van der Waals surface area contributed by atoms with Crippen LogP contribution in [0.25, 0.3) is 11.0 Å². The van der Waals surface area contributed by atoms with Crippen molar-refractivity contribution >= 4 is 16.9 Å². The van der Waals surface area contributed by atoms with Gasteiger partial charge in [-0.3, -0.25) is 4.79 Å². The molecular formula is C17H21NO5.